The second-order valence-electron chi connectivity index (χ2n) is 11.1. The molecule has 1 aromatic heterocycles. The Balaban J connectivity index is 1.31. The van der Waals surface area contributed by atoms with Gasteiger partial charge in [0, 0.05) is 37.1 Å². The fourth-order valence-electron chi connectivity index (χ4n) is 6.30. The first kappa shape index (κ1) is 22.8. The van der Waals surface area contributed by atoms with E-state index >= 15 is 0 Å². The van der Waals surface area contributed by atoms with Gasteiger partial charge in [-0.2, -0.15) is 0 Å². The zero-order chi connectivity index (χ0) is 23.8. The third kappa shape index (κ3) is 4.51. The third-order valence-corrected chi connectivity index (χ3v) is 8.52. The fraction of sp³-hybridized carbons (Fsp3) is 0.607. The van der Waals surface area contributed by atoms with Crippen LogP contribution in [0.3, 0.4) is 0 Å². The minimum atomic E-state index is -0.610. The summed E-state index contributed by atoms with van der Waals surface area (Å²) in [5, 5.41) is 3.44. The molecule has 7 heteroatoms. The van der Waals surface area contributed by atoms with E-state index in [0.29, 0.717) is 12.5 Å². The van der Waals surface area contributed by atoms with Gasteiger partial charge in [-0.25, -0.2) is 9.97 Å². The molecule has 1 amide bonds. The van der Waals surface area contributed by atoms with Crippen LogP contribution in [0, 0.1) is 11.8 Å². The lowest BCUT2D eigenvalue weighted by Gasteiger charge is -2.40. The first-order valence-electron chi connectivity index (χ1n) is 13.4. The maximum Gasteiger partial charge on any atom is 0.240 e. The maximum atomic E-state index is 14.3. The Labute approximate surface area is 208 Å². The fourth-order valence-corrected chi connectivity index (χ4v) is 6.30. The number of nitrogens with one attached hydrogen (secondary N) is 1. The molecule has 2 aliphatic carbocycles. The highest BCUT2D eigenvalue weighted by Gasteiger charge is 2.53. The first-order valence-corrected chi connectivity index (χ1v) is 13.4. The minimum absolute atomic E-state index is 0.174. The lowest BCUT2D eigenvalue weighted by atomic mass is 9.77. The van der Waals surface area contributed by atoms with E-state index in [-0.39, 0.29) is 5.91 Å². The lowest BCUT2D eigenvalue weighted by molar-refractivity contribution is -0.124. The van der Waals surface area contributed by atoms with Gasteiger partial charge in [0.05, 0.1) is 19.3 Å². The number of hydrogen-bond donors (Lipinski definition) is 1. The third-order valence-electron chi connectivity index (χ3n) is 8.52. The van der Waals surface area contributed by atoms with Crippen molar-refractivity contribution in [3.63, 3.8) is 0 Å². The number of methoxy groups -OCH3 is 1. The van der Waals surface area contributed by atoms with Gasteiger partial charge in [0.25, 0.3) is 0 Å². The second-order valence-corrected chi connectivity index (χ2v) is 11.1. The van der Waals surface area contributed by atoms with Gasteiger partial charge in [-0.3, -0.25) is 4.79 Å². The summed E-state index contributed by atoms with van der Waals surface area (Å²) in [5.74, 6) is 3.14. The topological polar surface area (TPSA) is 70.6 Å². The molecule has 2 aliphatic heterocycles. The van der Waals surface area contributed by atoms with Gasteiger partial charge in [0.1, 0.15) is 11.2 Å². The molecule has 1 spiro atoms. The van der Waals surface area contributed by atoms with Crippen LogP contribution in [0.2, 0.25) is 0 Å². The molecular weight excluding hydrogens is 438 g/mol. The molecule has 2 saturated carbocycles. The summed E-state index contributed by atoms with van der Waals surface area (Å²) in [6, 6.07) is 7.82. The molecule has 35 heavy (non-hydrogen) atoms. The van der Waals surface area contributed by atoms with Crippen molar-refractivity contribution in [2.75, 3.05) is 43.5 Å². The van der Waals surface area contributed by atoms with Gasteiger partial charge in [-0.05, 0) is 74.8 Å². The van der Waals surface area contributed by atoms with Crippen molar-refractivity contribution < 1.29 is 9.53 Å². The summed E-state index contributed by atoms with van der Waals surface area (Å²) in [7, 11) is 1.66. The van der Waals surface area contributed by atoms with Gasteiger partial charge in [0.15, 0.2) is 0 Å². The number of hydrogen-bond acceptors (Lipinski definition) is 6. The Kier molecular flexibility index (Phi) is 6.13. The maximum absolute atomic E-state index is 14.3. The van der Waals surface area contributed by atoms with Crippen LogP contribution in [0.25, 0.3) is 0 Å². The zero-order valence-electron chi connectivity index (χ0n) is 20.8. The van der Waals surface area contributed by atoms with Crippen LogP contribution in [0.1, 0.15) is 62.6 Å². The van der Waals surface area contributed by atoms with E-state index in [0.717, 1.165) is 67.1 Å². The molecule has 6 rings (SSSR count). The van der Waals surface area contributed by atoms with Gasteiger partial charge < -0.3 is 19.9 Å². The van der Waals surface area contributed by atoms with E-state index in [1.165, 1.54) is 44.9 Å². The van der Waals surface area contributed by atoms with Gasteiger partial charge >= 0.3 is 0 Å². The lowest BCUT2D eigenvalue weighted by Crippen LogP contribution is -2.53. The number of amides is 1. The van der Waals surface area contributed by atoms with Crippen LogP contribution in [0.5, 0.6) is 5.75 Å². The Morgan fingerprint density at radius 3 is 2.63 bits per heavy atom. The monoisotopic (exact) mass is 475 g/mol. The van der Waals surface area contributed by atoms with Crippen LogP contribution in [-0.2, 0) is 16.8 Å². The van der Waals surface area contributed by atoms with Crippen molar-refractivity contribution >= 4 is 17.5 Å². The molecule has 1 atom stereocenters. The van der Waals surface area contributed by atoms with E-state index in [1.807, 2.05) is 35.4 Å². The number of aromatic nitrogens is 2. The van der Waals surface area contributed by atoms with E-state index in [4.69, 9.17) is 9.72 Å². The molecule has 1 saturated heterocycles. The first-order chi connectivity index (χ1) is 17.1. The molecule has 186 valence electrons. The molecule has 1 unspecified atom stereocenters. The number of carbonyl (C=O) groups is 1. The largest absolute Gasteiger partial charge is 0.497 e. The van der Waals surface area contributed by atoms with Crippen LogP contribution in [0.15, 0.2) is 30.5 Å². The number of carbonyl (C=O) groups excluding carboxylic acids is 1. The number of anilines is 2. The molecular formula is C28H37N5O2. The highest BCUT2D eigenvalue weighted by molar-refractivity contribution is 6.03. The smallest absolute Gasteiger partial charge is 0.240 e. The highest BCUT2D eigenvalue weighted by Crippen LogP contribution is 2.43. The average molecular weight is 476 g/mol. The van der Waals surface area contributed by atoms with Crippen molar-refractivity contribution in [3.8, 4) is 5.75 Å². The van der Waals surface area contributed by atoms with E-state index in [2.05, 4.69) is 15.2 Å². The van der Waals surface area contributed by atoms with Crippen molar-refractivity contribution in [2.45, 2.75) is 63.3 Å². The summed E-state index contributed by atoms with van der Waals surface area (Å²) in [6.07, 6.45) is 12.0. The van der Waals surface area contributed by atoms with E-state index in [1.54, 1.807) is 7.11 Å². The van der Waals surface area contributed by atoms with Crippen molar-refractivity contribution in [3.05, 3.63) is 41.7 Å². The Morgan fingerprint density at radius 1 is 1.09 bits per heavy atom. The summed E-state index contributed by atoms with van der Waals surface area (Å²) in [4.78, 5) is 28.4. The number of fused-ring (bicyclic) bond motifs is 2. The van der Waals surface area contributed by atoms with E-state index in [9.17, 15) is 4.79 Å². The normalized spacial score (nSPS) is 25.2. The van der Waals surface area contributed by atoms with Crippen molar-refractivity contribution in [1.82, 2.24) is 14.9 Å². The van der Waals surface area contributed by atoms with E-state index < -0.39 is 5.41 Å². The number of likely N-dealkylation sites (tertiary alicyclic amines) is 1. The molecule has 4 aliphatic rings. The van der Waals surface area contributed by atoms with Crippen LogP contribution in [-0.4, -0.2) is 54.1 Å². The van der Waals surface area contributed by atoms with Gasteiger partial charge in [-0.1, -0.05) is 19.3 Å². The number of rotatable bonds is 7. The predicted molar refractivity (Wildman–Crippen MR) is 137 cm³/mol. The van der Waals surface area contributed by atoms with Crippen LogP contribution < -0.4 is 15.0 Å². The molecule has 3 heterocycles. The van der Waals surface area contributed by atoms with Crippen molar-refractivity contribution in [1.29, 1.82) is 0 Å². The van der Waals surface area contributed by atoms with Gasteiger partial charge in [-0.15, -0.1) is 0 Å². The summed E-state index contributed by atoms with van der Waals surface area (Å²) in [5.41, 5.74) is 2.31. The summed E-state index contributed by atoms with van der Waals surface area (Å²) < 4.78 is 5.34. The standard InChI is InChI=1S/C28H37N5O2/c1-35-24-11-9-23(10-12-24)33-18-22-16-30-27(29-15-20-7-8-20)31-25(22)28(26(33)34)13-14-32(19-28)17-21-5-3-2-4-6-21/h9-12,16,20-21H,2-8,13-15,17-19H2,1H3,(H,29,30,31). The Bertz CT molecular complexity index is 1060. The average Bonchev–Trinajstić information content (AvgIpc) is 3.64. The summed E-state index contributed by atoms with van der Waals surface area (Å²) >= 11 is 0. The Hall–Kier alpha value is -2.67. The quantitative estimate of drug-likeness (QED) is 0.641. The predicted octanol–water partition coefficient (Wildman–Crippen LogP) is 4.38. The molecule has 1 N–H and O–H groups in total. The molecule has 1 aromatic carbocycles. The van der Waals surface area contributed by atoms with Crippen molar-refractivity contribution in [2.24, 2.45) is 11.8 Å². The molecule has 2 aromatic rings. The SMILES string of the molecule is COc1ccc(N2Cc3cnc(NCC4CC4)nc3C3(CCN(CC4CCCCC4)C3)C2=O)cc1. The molecule has 7 nitrogen and oxygen atoms in total. The molecule has 3 fully saturated rings. The number of benzene rings is 1. The van der Waals surface area contributed by atoms with Crippen LogP contribution in [0.4, 0.5) is 11.6 Å². The number of nitrogens with zero attached hydrogens (tertiary/aromatic N) is 4. The number of ether oxygens (including phenoxy) is 1. The highest BCUT2D eigenvalue weighted by atomic mass is 16.5. The molecule has 0 radical (unpaired) electrons. The van der Waals surface area contributed by atoms with Crippen LogP contribution >= 0.6 is 0 Å². The molecule has 0 bridgehead atoms. The summed E-state index contributed by atoms with van der Waals surface area (Å²) in [6.45, 7) is 4.23. The zero-order valence-corrected chi connectivity index (χ0v) is 20.8. The Morgan fingerprint density at radius 2 is 1.89 bits per heavy atom. The minimum Gasteiger partial charge on any atom is -0.497 e. The van der Waals surface area contributed by atoms with Gasteiger partial charge in [0.2, 0.25) is 11.9 Å². The second kappa shape index (κ2) is 9.41.